The van der Waals surface area contributed by atoms with Crippen LogP contribution in [0.3, 0.4) is 0 Å². The fourth-order valence-corrected chi connectivity index (χ4v) is 8.47. The van der Waals surface area contributed by atoms with Gasteiger partial charge in [0.05, 0.1) is 11.5 Å². The fraction of sp³-hybridized carbons (Fsp3) is 0.909. The van der Waals surface area contributed by atoms with Crippen LogP contribution in [0.1, 0.15) is 103 Å². The highest BCUT2D eigenvalue weighted by Crippen LogP contribution is 2.16. The monoisotopic (exact) mass is 708 g/mol. The van der Waals surface area contributed by atoms with Crippen molar-refractivity contribution in [2.24, 2.45) is 0 Å². The summed E-state index contributed by atoms with van der Waals surface area (Å²) in [5.41, 5.74) is 0. The summed E-state index contributed by atoms with van der Waals surface area (Å²) in [5.74, 6) is -3.56. The minimum absolute atomic E-state index is 0.0479. The number of rotatable bonds is 24. The van der Waals surface area contributed by atoms with Gasteiger partial charge in [-0.2, -0.15) is 38.9 Å². The quantitative estimate of drug-likeness (QED) is 0.0363. The number of carbonyl (C=O) groups excluding carboxylic acids is 1. The Morgan fingerprint density at radius 1 is 0.512 bits per heavy atom. The molecule has 0 aromatic rings. The standard InChI is InChI=1S/C11H22O9S2.C11H22O8S2/c12-11(20-13)8-6-4-2-1-3-5-7-10(22(17,18)19)9-21(14,15)16;12-11(13)8-6-4-2-1-3-5-7-10(21(17,18)19)9-20(14,15)16/h10,13H,1-9H2,(H,14,15,16)(H,17,18,19);10H,1-9H2,(H,12,13)(H,14,15,16)(H,17,18,19). The van der Waals surface area contributed by atoms with Gasteiger partial charge in [0.25, 0.3) is 40.5 Å². The largest absolute Gasteiger partial charge is 0.481 e. The summed E-state index contributed by atoms with van der Waals surface area (Å²) >= 11 is 0. The molecule has 0 bridgehead atoms. The predicted octanol–water partition coefficient (Wildman–Crippen LogP) is 2.60. The predicted molar refractivity (Wildman–Crippen MR) is 154 cm³/mol. The van der Waals surface area contributed by atoms with Crippen molar-refractivity contribution in [3.8, 4) is 0 Å². The zero-order chi connectivity index (χ0) is 33.7. The Balaban J connectivity index is 0. The van der Waals surface area contributed by atoms with Crippen LogP contribution >= 0.6 is 0 Å². The lowest BCUT2D eigenvalue weighted by atomic mass is 10.1. The van der Waals surface area contributed by atoms with E-state index in [1.54, 1.807) is 0 Å². The molecule has 0 heterocycles. The van der Waals surface area contributed by atoms with E-state index < -0.39 is 74.4 Å². The summed E-state index contributed by atoms with van der Waals surface area (Å²) < 4.78 is 122. The highest BCUT2D eigenvalue weighted by atomic mass is 32.2. The molecule has 258 valence electrons. The molecule has 0 amide bonds. The average molecular weight is 709 g/mol. The van der Waals surface area contributed by atoms with Crippen molar-refractivity contribution in [3.05, 3.63) is 0 Å². The zero-order valence-electron chi connectivity index (χ0n) is 23.7. The number of aliphatic carboxylic acids is 1. The van der Waals surface area contributed by atoms with Crippen molar-refractivity contribution >= 4 is 52.4 Å². The van der Waals surface area contributed by atoms with Gasteiger partial charge in [0.1, 0.15) is 10.5 Å². The molecule has 0 aliphatic rings. The summed E-state index contributed by atoms with van der Waals surface area (Å²) in [6.45, 7) is 0. The molecule has 0 aliphatic heterocycles. The van der Waals surface area contributed by atoms with Crippen molar-refractivity contribution in [1.29, 1.82) is 0 Å². The van der Waals surface area contributed by atoms with Crippen molar-refractivity contribution in [2.75, 3.05) is 11.5 Å². The Kier molecular flexibility index (Phi) is 22.5. The van der Waals surface area contributed by atoms with Crippen LogP contribution in [0.4, 0.5) is 0 Å². The molecular weight excluding hydrogens is 664 g/mol. The number of unbranched alkanes of at least 4 members (excludes halogenated alkanes) is 10. The van der Waals surface area contributed by atoms with Crippen molar-refractivity contribution in [2.45, 2.75) is 113 Å². The van der Waals surface area contributed by atoms with Crippen LogP contribution in [0.5, 0.6) is 0 Å². The maximum absolute atomic E-state index is 11.0. The summed E-state index contributed by atoms with van der Waals surface area (Å²) in [7, 11) is -18.0. The third-order valence-electron chi connectivity index (χ3n) is 6.06. The van der Waals surface area contributed by atoms with Crippen LogP contribution in [0, 0.1) is 0 Å². The molecule has 21 heteroatoms. The highest BCUT2D eigenvalue weighted by molar-refractivity contribution is 7.90. The Morgan fingerprint density at radius 3 is 1.09 bits per heavy atom. The molecule has 2 atom stereocenters. The Hall–Kier alpha value is -1.46. The molecule has 17 nitrogen and oxygen atoms in total. The smallest absolute Gasteiger partial charge is 0.342 e. The van der Waals surface area contributed by atoms with Crippen LogP contribution in [0.2, 0.25) is 0 Å². The molecule has 0 aromatic carbocycles. The Morgan fingerprint density at radius 2 is 0.814 bits per heavy atom. The first-order valence-corrected chi connectivity index (χ1v) is 19.7. The van der Waals surface area contributed by atoms with Gasteiger partial charge in [-0.3, -0.25) is 23.0 Å². The van der Waals surface area contributed by atoms with E-state index in [9.17, 15) is 43.3 Å². The summed E-state index contributed by atoms with van der Waals surface area (Å²) in [6, 6.07) is 0. The van der Waals surface area contributed by atoms with Crippen molar-refractivity contribution < 1.29 is 76.7 Å². The van der Waals surface area contributed by atoms with E-state index in [-0.39, 0.29) is 25.7 Å². The SMILES string of the molecule is O=C(CCCCCCCCC(CS(=O)(=O)O)S(=O)(=O)O)OO.O=C(O)CCCCCCCCC(CS(=O)(=O)O)S(=O)(=O)O. The third kappa shape index (κ3) is 30.4. The summed E-state index contributed by atoms with van der Waals surface area (Å²) in [6.07, 6.45) is 7.96. The molecule has 0 spiro atoms. The van der Waals surface area contributed by atoms with Gasteiger partial charge in [-0.25, -0.2) is 4.79 Å². The van der Waals surface area contributed by atoms with Gasteiger partial charge in [-0.15, -0.1) is 0 Å². The van der Waals surface area contributed by atoms with Crippen LogP contribution in [0.25, 0.3) is 0 Å². The lowest BCUT2D eigenvalue weighted by Crippen LogP contribution is -2.29. The third-order valence-corrected chi connectivity index (χ3v) is 10.6. The van der Waals surface area contributed by atoms with Gasteiger partial charge in [0.15, 0.2) is 0 Å². The first-order valence-electron chi connectivity index (χ1n) is 13.5. The van der Waals surface area contributed by atoms with E-state index in [1.165, 1.54) is 0 Å². The molecule has 0 fully saturated rings. The zero-order valence-corrected chi connectivity index (χ0v) is 27.0. The second-order valence-electron chi connectivity index (χ2n) is 9.95. The lowest BCUT2D eigenvalue weighted by Gasteiger charge is -2.11. The van der Waals surface area contributed by atoms with E-state index in [1.807, 2.05) is 0 Å². The first kappa shape index (κ1) is 43.7. The van der Waals surface area contributed by atoms with Crippen LogP contribution in [-0.2, 0) is 54.9 Å². The molecule has 0 rings (SSSR count). The molecule has 0 saturated heterocycles. The minimum atomic E-state index is -4.53. The number of carboxylic acid groups (broad SMARTS) is 1. The summed E-state index contributed by atoms with van der Waals surface area (Å²) in [4.78, 5) is 24.4. The van der Waals surface area contributed by atoms with Gasteiger partial charge in [0, 0.05) is 12.8 Å². The highest BCUT2D eigenvalue weighted by Gasteiger charge is 2.28. The maximum atomic E-state index is 11.0. The second-order valence-corrected chi connectivity index (χ2v) is 16.3. The molecule has 43 heavy (non-hydrogen) atoms. The van der Waals surface area contributed by atoms with E-state index in [2.05, 4.69) is 4.89 Å². The Bertz CT molecular complexity index is 1230. The molecule has 0 radical (unpaired) electrons. The van der Waals surface area contributed by atoms with Crippen LogP contribution < -0.4 is 0 Å². The topological polar surface area (TPSA) is 301 Å². The maximum Gasteiger partial charge on any atom is 0.342 e. The fourth-order valence-electron chi connectivity index (χ4n) is 3.86. The number of hydrogen-bond donors (Lipinski definition) is 6. The summed E-state index contributed by atoms with van der Waals surface area (Å²) in [5, 5.41) is 13.4. The van der Waals surface area contributed by atoms with E-state index in [0.29, 0.717) is 38.5 Å². The minimum Gasteiger partial charge on any atom is -0.481 e. The second kappa shape index (κ2) is 22.1. The Labute approximate surface area is 253 Å². The molecule has 2 unspecified atom stereocenters. The van der Waals surface area contributed by atoms with Crippen LogP contribution in [-0.4, -0.2) is 96.2 Å². The molecule has 0 aliphatic carbocycles. The lowest BCUT2D eigenvalue weighted by molar-refractivity contribution is -0.234. The van der Waals surface area contributed by atoms with Gasteiger partial charge >= 0.3 is 11.9 Å². The van der Waals surface area contributed by atoms with Crippen molar-refractivity contribution in [3.63, 3.8) is 0 Å². The van der Waals surface area contributed by atoms with Gasteiger partial charge in [-0.05, 0) is 25.7 Å². The van der Waals surface area contributed by atoms with Gasteiger partial charge in [-0.1, -0.05) is 64.2 Å². The molecule has 6 N–H and O–H groups in total. The average Bonchev–Trinajstić information content (AvgIpc) is 2.83. The van der Waals surface area contributed by atoms with E-state index in [4.69, 9.17) is 28.6 Å². The number of carboxylic acids is 1. The number of hydrogen-bond acceptors (Lipinski definition) is 12. The molecule has 0 aromatic heterocycles. The number of carbonyl (C=O) groups is 2. The normalized spacial score (nSPS) is 13.9. The van der Waals surface area contributed by atoms with Crippen molar-refractivity contribution in [1.82, 2.24) is 0 Å². The van der Waals surface area contributed by atoms with E-state index >= 15 is 0 Å². The van der Waals surface area contributed by atoms with Crippen LogP contribution in [0.15, 0.2) is 0 Å². The van der Waals surface area contributed by atoms with Gasteiger partial charge < -0.3 is 9.99 Å². The van der Waals surface area contributed by atoms with E-state index in [0.717, 1.165) is 38.5 Å². The molecular formula is C22H44O17S4. The first-order chi connectivity index (χ1) is 19.6. The molecule has 0 saturated carbocycles. The van der Waals surface area contributed by atoms with Gasteiger partial charge in [0.2, 0.25) is 0 Å².